The van der Waals surface area contributed by atoms with Crippen molar-refractivity contribution in [3.05, 3.63) is 24.0 Å². The second-order valence-corrected chi connectivity index (χ2v) is 5.88. The fourth-order valence-corrected chi connectivity index (χ4v) is 1.97. The Morgan fingerprint density at radius 1 is 1.44 bits per heavy atom. The number of pyridine rings is 1. The van der Waals surface area contributed by atoms with Gasteiger partial charge >= 0.3 is 0 Å². The maximum absolute atomic E-state index is 4.29. The van der Waals surface area contributed by atoms with Crippen molar-refractivity contribution < 1.29 is 0 Å². The van der Waals surface area contributed by atoms with E-state index in [1.807, 2.05) is 12.4 Å². The van der Waals surface area contributed by atoms with Crippen LogP contribution in [0.2, 0.25) is 0 Å². The summed E-state index contributed by atoms with van der Waals surface area (Å²) in [7, 11) is 2.17. The van der Waals surface area contributed by atoms with Crippen LogP contribution >= 0.6 is 0 Å². The second kappa shape index (κ2) is 5.27. The monoisotopic (exact) mass is 247 g/mol. The third-order valence-corrected chi connectivity index (χ3v) is 4.18. The molecule has 0 spiro atoms. The third-order valence-electron chi connectivity index (χ3n) is 4.18. The van der Waals surface area contributed by atoms with Crippen molar-refractivity contribution >= 4 is 5.69 Å². The Balaban J connectivity index is 2.14. The van der Waals surface area contributed by atoms with Gasteiger partial charge in [0.2, 0.25) is 0 Å². The summed E-state index contributed by atoms with van der Waals surface area (Å²) in [5.74, 6) is 0. The standard InChI is InChI=1S/C15H25N3/c1-5-15(2,3)18(4)14-11-16-9-8-12(14)10-17-13-6-7-13/h8-9,11,13,17H,5-7,10H2,1-4H3. The highest BCUT2D eigenvalue weighted by molar-refractivity contribution is 5.53. The summed E-state index contributed by atoms with van der Waals surface area (Å²) in [6.45, 7) is 7.73. The Morgan fingerprint density at radius 2 is 2.17 bits per heavy atom. The average Bonchev–Trinajstić information content (AvgIpc) is 3.20. The first-order valence-electron chi connectivity index (χ1n) is 6.94. The molecule has 1 aliphatic rings. The first kappa shape index (κ1) is 13.3. The summed E-state index contributed by atoms with van der Waals surface area (Å²) in [5.41, 5.74) is 2.76. The van der Waals surface area contributed by atoms with Crippen molar-refractivity contribution in [1.29, 1.82) is 0 Å². The van der Waals surface area contributed by atoms with Crippen molar-refractivity contribution in [2.24, 2.45) is 0 Å². The van der Waals surface area contributed by atoms with Crippen LogP contribution in [0.25, 0.3) is 0 Å². The van der Waals surface area contributed by atoms with Gasteiger partial charge in [-0.1, -0.05) is 6.92 Å². The smallest absolute Gasteiger partial charge is 0.0600 e. The summed E-state index contributed by atoms with van der Waals surface area (Å²) >= 11 is 0. The van der Waals surface area contributed by atoms with E-state index in [1.54, 1.807) is 0 Å². The molecule has 1 aromatic heterocycles. The number of hydrogen-bond acceptors (Lipinski definition) is 3. The number of anilines is 1. The highest BCUT2D eigenvalue weighted by Crippen LogP contribution is 2.28. The van der Waals surface area contributed by atoms with Gasteiger partial charge < -0.3 is 10.2 Å². The van der Waals surface area contributed by atoms with Crippen molar-refractivity contribution in [1.82, 2.24) is 10.3 Å². The van der Waals surface area contributed by atoms with E-state index in [9.17, 15) is 0 Å². The highest BCUT2D eigenvalue weighted by atomic mass is 15.2. The number of aromatic nitrogens is 1. The molecule has 100 valence electrons. The van der Waals surface area contributed by atoms with Gasteiger partial charge in [-0.15, -0.1) is 0 Å². The lowest BCUT2D eigenvalue weighted by atomic mass is 9.98. The first-order chi connectivity index (χ1) is 8.54. The molecular weight excluding hydrogens is 222 g/mol. The normalized spacial score (nSPS) is 15.8. The zero-order valence-electron chi connectivity index (χ0n) is 12.0. The van der Waals surface area contributed by atoms with Crippen LogP contribution in [0.5, 0.6) is 0 Å². The van der Waals surface area contributed by atoms with Crippen LogP contribution in [-0.4, -0.2) is 23.6 Å². The Hall–Kier alpha value is -1.09. The van der Waals surface area contributed by atoms with Crippen LogP contribution in [-0.2, 0) is 6.54 Å². The number of nitrogens with one attached hydrogen (secondary N) is 1. The van der Waals surface area contributed by atoms with Gasteiger partial charge in [-0.05, 0) is 44.7 Å². The van der Waals surface area contributed by atoms with E-state index >= 15 is 0 Å². The van der Waals surface area contributed by atoms with Gasteiger partial charge in [-0.3, -0.25) is 4.98 Å². The molecule has 3 heteroatoms. The van der Waals surface area contributed by atoms with Gasteiger partial charge in [-0.2, -0.15) is 0 Å². The van der Waals surface area contributed by atoms with Gasteiger partial charge in [0.05, 0.1) is 11.9 Å². The molecular formula is C15H25N3. The topological polar surface area (TPSA) is 28.2 Å². The first-order valence-corrected chi connectivity index (χ1v) is 6.94. The molecule has 1 aliphatic carbocycles. The van der Waals surface area contributed by atoms with Gasteiger partial charge in [0.1, 0.15) is 0 Å². The molecule has 1 aromatic rings. The van der Waals surface area contributed by atoms with Crippen molar-refractivity contribution in [3.63, 3.8) is 0 Å². The van der Waals surface area contributed by atoms with Crippen LogP contribution in [0, 0.1) is 0 Å². The van der Waals surface area contributed by atoms with E-state index in [0.29, 0.717) is 0 Å². The molecule has 0 aromatic carbocycles. The fourth-order valence-electron chi connectivity index (χ4n) is 1.97. The average molecular weight is 247 g/mol. The predicted molar refractivity (Wildman–Crippen MR) is 76.9 cm³/mol. The molecule has 1 saturated carbocycles. The van der Waals surface area contributed by atoms with Gasteiger partial charge in [0, 0.05) is 31.4 Å². The van der Waals surface area contributed by atoms with Crippen molar-refractivity contribution in [3.8, 4) is 0 Å². The number of nitrogens with zero attached hydrogens (tertiary/aromatic N) is 2. The minimum Gasteiger partial charge on any atom is -0.368 e. The fraction of sp³-hybridized carbons (Fsp3) is 0.667. The number of hydrogen-bond donors (Lipinski definition) is 1. The number of rotatable bonds is 6. The predicted octanol–water partition coefficient (Wildman–Crippen LogP) is 2.96. The maximum Gasteiger partial charge on any atom is 0.0600 e. The molecule has 0 amide bonds. The lowest BCUT2D eigenvalue weighted by Gasteiger charge is -2.37. The molecule has 0 aliphatic heterocycles. The Bertz CT molecular complexity index is 396. The van der Waals surface area contributed by atoms with E-state index in [2.05, 4.69) is 49.1 Å². The SMILES string of the molecule is CCC(C)(C)N(C)c1cnccc1CNC1CC1. The molecule has 3 nitrogen and oxygen atoms in total. The Morgan fingerprint density at radius 3 is 2.78 bits per heavy atom. The minimum absolute atomic E-state index is 0.164. The van der Waals surface area contributed by atoms with Crippen LogP contribution in [0.4, 0.5) is 5.69 Å². The third kappa shape index (κ3) is 3.02. The zero-order chi connectivity index (χ0) is 13.2. The Labute approximate surface area is 111 Å². The van der Waals surface area contributed by atoms with E-state index in [0.717, 1.165) is 19.0 Å². The van der Waals surface area contributed by atoms with E-state index in [-0.39, 0.29) is 5.54 Å². The molecule has 2 rings (SSSR count). The van der Waals surface area contributed by atoms with E-state index in [4.69, 9.17) is 0 Å². The van der Waals surface area contributed by atoms with Crippen molar-refractivity contribution in [2.45, 2.75) is 58.2 Å². The quantitative estimate of drug-likeness (QED) is 0.837. The summed E-state index contributed by atoms with van der Waals surface area (Å²) < 4.78 is 0. The van der Waals surface area contributed by atoms with Crippen LogP contribution in [0.3, 0.4) is 0 Å². The van der Waals surface area contributed by atoms with E-state index < -0.39 is 0 Å². The van der Waals surface area contributed by atoms with Crippen LogP contribution in [0.15, 0.2) is 18.5 Å². The molecule has 0 unspecified atom stereocenters. The van der Waals surface area contributed by atoms with Gasteiger partial charge in [-0.25, -0.2) is 0 Å². The van der Waals surface area contributed by atoms with Crippen LogP contribution in [0.1, 0.15) is 45.6 Å². The largest absolute Gasteiger partial charge is 0.368 e. The molecule has 18 heavy (non-hydrogen) atoms. The minimum atomic E-state index is 0.164. The summed E-state index contributed by atoms with van der Waals surface area (Å²) in [6, 6.07) is 2.88. The molecule has 1 heterocycles. The second-order valence-electron chi connectivity index (χ2n) is 5.88. The Kier molecular flexibility index (Phi) is 3.91. The highest BCUT2D eigenvalue weighted by Gasteiger charge is 2.24. The maximum atomic E-state index is 4.29. The van der Waals surface area contributed by atoms with Crippen LogP contribution < -0.4 is 10.2 Å². The lowest BCUT2D eigenvalue weighted by molar-refractivity contribution is 0.468. The van der Waals surface area contributed by atoms with Crippen molar-refractivity contribution in [2.75, 3.05) is 11.9 Å². The summed E-state index contributed by atoms with van der Waals surface area (Å²) in [4.78, 5) is 6.64. The lowest BCUT2D eigenvalue weighted by Crippen LogP contribution is -2.41. The molecule has 1 N–H and O–H groups in total. The molecule has 0 bridgehead atoms. The zero-order valence-corrected chi connectivity index (χ0v) is 12.0. The summed E-state index contributed by atoms with van der Waals surface area (Å²) in [6.07, 6.45) is 7.66. The van der Waals surface area contributed by atoms with Gasteiger partial charge in [0.15, 0.2) is 0 Å². The molecule has 0 atom stereocenters. The van der Waals surface area contributed by atoms with Gasteiger partial charge in [0.25, 0.3) is 0 Å². The summed E-state index contributed by atoms with van der Waals surface area (Å²) in [5, 5.41) is 3.58. The molecule has 1 fully saturated rings. The molecule has 0 saturated heterocycles. The molecule has 0 radical (unpaired) electrons. The van der Waals surface area contributed by atoms with E-state index in [1.165, 1.54) is 24.1 Å².